The van der Waals surface area contributed by atoms with Crippen molar-refractivity contribution in [2.24, 2.45) is 0 Å². The van der Waals surface area contributed by atoms with Crippen molar-refractivity contribution in [1.29, 1.82) is 0 Å². The maximum absolute atomic E-state index is 13.8. The van der Waals surface area contributed by atoms with E-state index in [1.165, 1.54) is 36.7 Å². The van der Waals surface area contributed by atoms with E-state index in [1.54, 1.807) is 12.1 Å². The van der Waals surface area contributed by atoms with Gasteiger partial charge in [-0.2, -0.15) is 0 Å². The minimum Gasteiger partial charge on any atom is -0.324 e. The average Bonchev–Trinajstić information content (AvgIpc) is 2.86. The van der Waals surface area contributed by atoms with Crippen molar-refractivity contribution in [3.8, 4) is 0 Å². The van der Waals surface area contributed by atoms with Crippen LogP contribution in [0.2, 0.25) is 0 Å². The normalized spacial score (nSPS) is 13.2. The van der Waals surface area contributed by atoms with E-state index in [0.29, 0.717) is 15.8 Å². The third-order valence-electron chi connectivity index (χ3n) is 3.87. The number of aromatic nitrogens is 1. The standard InChI is InChI=1S/C18H9FN2O4/c19-11-7-10-5-6-20-9-15(10)14(8-11)18(24)25-21-16(22)12-3-1-2-4-13(12)17(21)23/h1-9H. The smallest absolute Gasteiger partial charge is 0.324 e. The van der Waals surface area contributed by atoms with Crippen LogP contribution in [0.5, 0.6) is 0 Å². The lowest BCUT2D eigenvalue weighted by Crippen LogP contribution is -2.32. The van der Waals surface area contributed by atoms with Gasteiger partial charge in [0.1, 0.15) is 5.82 Å². The summed E-state index contributed by atoms with van der Waals surface area (Å²) in [6, 6.07) is 9.88. The second kappa shape index (κ2) is 5.48. The molecule has 0 saturated carbocycles. The summed E-state index contributed by atoms with van der Waals surface area (Å²) >= 11 is 0. The van der Waals surface area contributed by atoms with Gasteiger partial charge in [0.25, 0.3) is 11.8 Å². The Morgan fingerprint density at radius 2 is 1.72 bits per heavy atom. The van der Waals surface area contributed by atoms with Crippen molar-refractivity contribution < 1.29 is 23.6 Å². The van der Waals surface area contributed by atoms with Gasteiger partial charge in [0.15, 0.2) is 0 Å². The summed E-state index contributed by atoms with van der Waals surface area (Å²) in [5.41, 5.74) is 0.164. The molecule has 1 aliphatic heterocycles. The molecule has 0 saturated heterocycles. The second-order valence-electron chi connectivity index (χ2n) is 5.38. The molecule has 2 aromatic carbocycles. The van der Waals surface area contributed by atoms with E-state index in [-0.39, 0.29) is 16.7 Å². The maximum Gasteiger partial charge on any atom is 0.364 e. The molecule has 0 unspecified atom stereocenters. The molecule has 0 N–H and O–H groups in total. The highest BCUT2D eigenvalue weighted by Gasteiger charge is 2.39. The summed E-state index contributed by atoms with van der Waals surface area (Å²) in [6.07, 6.45) is 2.84. The number of pyridine rings is 1. The predicted octanol–water partition coefficient (Wildman–Crippen LogP) is 2.74. The van der Waals surface area contributed by atoms with E-state index < -0.39 is 23.6 Å². The first-order valence-corrected chi connectivity index (χ1v) is 7.29. The van der Waals surface area contributed by atoms with Gasteiger partial charge in [0.05, 0.1) is 16.7 Å². The zero-order valence-electron chi connectivity index (χ0n) is 12.6. The minimum absolute atomic E-state index is 0.125. The monoisotopic (exact) mass is 336 g/mol. The Balaban J connectivity index is 1.70. The number of benzene rings is 2. The van der Waals surface area contributed by atoms with Crippen LogP contribution >= 0.6 is 0 Å². The molecule has 0 radical (unpaired) electrons. The lowest BCUT2D eigenvalue weighted by Gasteiger charge is -2.13. The Hall–Kier alpha value is -3.61. The molecule has 7 heteroatoms. The first-order chi connectivity index (χ1) is 12.1. The van der Waals surface area contributed by atoms with Gasteiger partial charge in [-0.1, -0.05) is 17.2 Å². The number of fused-ring (bicyclic) bond motifs is 2. The van der Waals surface area contributed by atoms with Crippen LogP contribution in [0.25, 0.3) is 10.8 Å². The van der Waals surface area contributed by atoms with Gasteiger partial charge in [-0.3, -0.25) is 14.6 Å². The number of rotatable bonds is 2. The number of nitrogens with zero attached hydrogens (tertiary/aromatic N) is 2. The Morgan fingerprint density at radius 3 is 2.40 bits per heavy atom. The molecule has 4 rings (SSSR count). The van der Waals surface area contributed by atoms with Crippen molar-refractivity contribution >= 4 is 28.6 Å². The number of amides is 2. The van der Waals surface area contributed by atoms with Crippen molar-refractivity contribution in [3.05, 3.63) is 77.4 Å². The van der Waals surface area contributed by atoms with Gasteiger partial charge >= 0.3 is 5.97 Å². The largest absolute Gasteiger partial charge is 0.364 e. The number of imide groups is 1. The molecule has 25 heavy (non-hydrogen) atoms. The van der Waals surface area contributed by atoms with Crippen molar-refractivity contribution in [3.63, 3.8) is 0 Å². The number of hydroxylamine groups is 2. The van der Waals surface area contributed by atoms with Gasteiger partial charge in [-0.15, -0.1) is 0 Å². The summed E-state index contributed by atoms with van der Waals surface area (Å²) in [4.78, 5) is 45.8. The van der Waals surface area contributed by atoms with E-state index in [1.807, 2.05) is 0 Å². The number of hydrogen-bond donors (Lipinski definition) is 0. The first kappa shape index (κ1) is 14.9. The Kier molecular flexibility index (Phi) is 3.28. The molecular weight excluding hydrogens is 327 g/mol. The fourth-order valence-corrected chi connectivity index (χ4v) is 2.71. The topological polar surface area (TPSA) is 76.6 Å². The van der Waals surface area contributed by atoms with Crippen LogP contribution in [0, 0.1) is 5.82 Å². The number of carbonyl (C=O) groups excluding carboxylic acids is 3. The highest BCUT2D eigenvalue weighted by Crippen LogP contribution is 2.25. The number of halogens is 1. The molecule has 1 aliphatic rings. The SMILES string of the molecule is O=C(ON1C(=O)c2ccccc2C1=O)c1cc(F)cc2ccncc12. The minimum atomic E-state index is -1.02. The summed E-state index contributed by atoms with van der Waals surface area (Å²) < 4.78 is 13.8. The Labute approximate surface area is 140 Å². The number of hydrogen-bond acceptors (Lipinski definition) is 5. The lowest BCUT2D eigenvalue weighted by atomic mass is 10.1. The van der Waals surface area contributed by atoms with Crippen LogP contribution in [0.1, 0.15) is 31.1 Å². The summed E-state index contributed by atoms with van der Waals surface area (Å²) in [6.45, 7) is 0. The molecule has 0 aliphatic carbocycles. The van der Waals surface area contributed by atoms with E-state index in [2.05, 4.69) is 4.98 Å². The fraction of sp³-hybridized carbons (Fsp3) is 0. The molecule has 122 valence electrons. The molecular formula is C18H9FN2O4. The lowest BCUT2D eigenvalue weighted by molar-refractivity contribution is -0.0583. The maximum atomic E-state index is 13.8. The van der Waals surface area contributed by atoms with Crippen molar-refractivity contribution in [2.75, 3.05) is 0 Å². The van der Waals surface area contributed by atoms with Crippen LogP contribution in [0.3, 0.4) is 0 Å². The summed E-state index contributed by atoms with van der Waals surface area (Å²) in [7, 11) is 0. The molecule has 3 aromatic rings. The quantitative estimate of drug-likeness (QED) is 0.673. The third-order valence-corrected chi connectivity index (χ3v) is 3.87. The van der Waals surface area contributed by atoms with E-state index in [0.717, 1.165) is 6.07 Å². The Morgan fingerprint density at radius 1 is 1.04 bits per heavy atom. The van der Waals surface area contributed by atoms with Gasteiger partial charge in [0, 0.05) is 17.8 Å². The third kappa shape index (κ3) is 2.33. The van der Waals surface area contributed by atoms with Crippen LogP contribution in [0.15, 0.2) is 54.9 Å². The van der Waals surface area contributed by atoms with Gasteiger partial charge in [-0.25, -0.2) is 9.18 Å². The van der Waals surface area contributed by atoms with Crippen LogP contribution < -0.4 is 0 Å². The Bertz CT molecular complexity index is 1030. The second-order valence-corrected chi connectivity index (χ2v) is 5.38. The highest BCUT2D eigenvalue weighted by atomic mass is 19.1. The van der Waals surface area contributed by atoms with Crippen LogP contribution in [-0.2, 0) is 4.84 Å². The van der Waals surface area contributed by atoms with Gasteiger partial charge < -0.3 is 4.84 Å². The number of carbonyl (C=O) groups is 3. The van der Waals surface area contributed by atoms with E-state index in [4.69, 9.17) is 4.84 Å². The van der Waals surface area contributed by atoms with Crippen molar-refractivity contribution in [2.45, 2.75) is 0 Å². The molecule has 0 atom stereocenters. The summed E-state index contributed by atoms with van der Waals surface area (Å²) in [5, 5.41) is 1.19. The average molecular weight is 336 g/mol. The highest BCUT2D eigenvalue weighted by molar-refractivity contribution is 6.21. The zero-order valence-corrected chi connectivity index (χ0v) is 12.6. The fourth-order valence-electron chi connectivity index (χ4n) is 2.71. The first-order valence-electron chi connectivity index (χ1n) is 7.29. The predicted molar refractivity (Wildman–Crippen MR) is 84.1 cm³/mol. The molecule has 0 spiro atoms. The van der Waals surface area contributed by atoms with Crippen molar-refractivity contribution in [1.82, 2.24) is 10.0 Å². The summed E-state index contributed by atoms with van der Waals surface area (Å²) in [5.74, 6) is -3.15. The molecule has 1 aromatic heterocycles. The molecule has 0 fully saturated rings. The van der Waals surface area contributed by atoms with E-state index >= 15 is 0 Å². The van der Waals surface area contributed by atoms with Gasteiger partial charge in [-0.05, 0) is 35.7 Å². The molecule has 6 nitrogen and oxygen atoms in total. The van der Waals surface area contributed by atoms with Crippen LogP contribution in [-0.4, -0.2) is 27.8 Å². The zero-order chi connectivity index (χ0) is 17.6. The molecule has 0 bridgehead atoms. The van der Waals surface area contributed by atoms with E-state index in [9.17, 15) is 18.8 Å². The molecule has 2 heterocycles. The molecule has 2 amide bonds. The van der Waals surface area contributed by atoms with Crippen LogP contribution in [0.4, 0.5) is 4.39 Å². The van der Waals surface area contributed by atoms with Gasteiger partial charge in [0.2, 0.25) is 0 Å².